The van der Waals surface area contributed by atoms with Crippen LogP contribution in [-0.2, 0) is 9.84 Å². The summed E-state index contributed by atoms with van der Waals surface area (Å²) < 4.78 is 25.6. The Hall–Kier alpha value is -2.46. The fraction of sp³-hybridized carbons (Fsp3) is 0.133. The van der Waals surface area contributed by atoms with Gasteiger partial charge in [-0.3, -0.25) is 24.3 Å². The van der Waals surface area contributed by atoms with Crippen LogP contribution in [0.2, 0.25) is 0 Å². The minimum absolute atomic E-state index is 0.0144. The Morgan fingerprint density at radius 1 is 1.16 bits per heavy atom. The largest absolute Gasteiger partial charge is 0.384 e. The van der Waals surface area contributed by atoms with Gasteiger partial charge in [0, 0.05) is 10.5 Å². The van der Waals surface area contributed by atoms with Gasteiger partial charge in [-0.2, -0.15) is 0 Å². The topological polar surface area (TPSA) is 128 Å². The third kappa shape index (κ3) is 2.67. The van der Waals surface area contributed by atoms with E-state index in [-0.39, 0.29) is 33.3 Å². The monoisotopic (exact) mass is 425 g/mol. The molecule has 130 valence electrons. The number of carbonyl (C=O) groups is 2. The predicted octanol–water partition coefficient (Wildman–Crippen LogP) is 0.859. The highest BCUT2D eigenvalue weighted by molar-refractivity contribution is 9.10. The zero-order valence-corrected chi connectivity index (χ0v) is 15.3. The highest BCUT2D eigenvalue weighted by Gasteiger charge is 2.32. The van der Waals surface area contributed by atoms with Crippen LogP contribution >= 0.6 is 15.9 Å². The number of imide groups is 1. The standard InChI is InChI=1S/C15H12BrN3O5S/c1-2-25(23,24)7-3-4-9(16)10(5-7)19-11(20)6-8-12(13(19)17)15(22)18-14(8)21/h3-6H,2,17H2,1H3,(H,18,21,22). The number of anilines is 1. The summed E-state index contributed by atoms with van der Waals surface area (Å²) in [6.45, 7) is 1.50. The van der Waals surface area contributed by atoms with E-state index in [0.29, 0.717) is 4.47 Å². The average Bonchev–Trinajstić information content (AvgIpc) is 2.83. The molecule has 1 aromatic heterocycles. The van der Waals surface area contributed by atoms with Crippen LogP contribution in [0.5, 0.6) is 0 Å². The van der Waals surface area contributed by atoms with E-state index in [9.17, 15) is 22.8 Å². The van der Waals surface area contributed by atoms with Gasteiger partial charge in [-0.05, 0) is 34.1 Å². The second-order valence-electron chi connectivity index (χ2n) is 5.29. The number of nitrogens with one attached hydrogen (secondary N) is 1. The molecule has 0 radical (unpaired) electrons. The molecule has 3 N–H and O–H groups in total. The molecule has 0 unspecified atom stereocenters. The molecule has 0 fully saturated rings. The van der Waals surface area contributed by atoms with E-state index < -0.39 is 27.2 Å². The molecular weight excluding hydrogens is 414 g/mol. The molecular formula is C15H12BrN3O5S. The molecule has 2 amide bonds. The molecule has 1 aliphatic heterocycles. The number of halogens is 1. The lowest BCUT2D eigenvalue weighted by atomic mass is 10.1. The zero-order valence-electron chi connectivity index (χ0n) is 12.9. The Morgan fingerprint density at radius 2 is 1.84 bits per heavy atom. The highest BCUT2D eigenvalue weighted by atomic mass is 79.9. The van der Waals surface area contributed by atoms with Crippen LogP contribution in [0.15, 0.2) is 38.4 Å². The van der Waals surface area contributed by atoms with Crippen molar-refractivity contribution in [1.29, 1.82) is 0 Å². The van der Waals surface area contributed by atoms with Crippen LogP contribution < -0.4 is 16.6 Å². The van der Waals surface area contributed by atoms with Crippen molar-refractivity contribution in [2.75, 3.05) is 11.5 Å². The molecule has 0 aliphatic carbocycles. The van der Waals surface area contributed by atoms with Gasteiger partial charge >= 0.3 is 0 Å². The Balaban J connectivity index is 2.34. The van der Waals surface area contributed by atoms with Gasteiger partial charge in [0.1, 0.15) is 5.82 Å². The molecule has 1 aromatic carbocycles. The number of nitrogens with two attached hydrogens (primary N) is 1. The van der Waals surface area contributed by atoms with E-state index in [2.05, 4.69) is 21.2 Å². The van der Waals surface area contributed by atoms with Gasteiger partial charge in [0.2, 0.25) is 0 Å². The zero-order chi connectivity index (χ0) is 18.5. The maximum atomic E-state index is 12.5. The van der Waals surface area contributed by atoms with Crippen LogP contribution in [0.4, 0.5) is 5.82 Å². The first-order valence-electron chi connectivity index (χ1n) is 7.11. The van der Waals surface area contributed by atoms with Gasteiger partial charge < -0.3 is 5.73 Å². The van der Waals surface area contributed by atoms with Crippen molar-refractivity contribution in [1.82, 2.24) is 9.88 Å². The molecule has 1 aliphatic rings. The first-order chi connectivity index (χ1) is 11.7. The normalized spacial score (nSPS) is 13.7. The lowest BCUT2D eigenvalue weighted by Crippen LogP contribution is -2.24. The summed E-state index contributed by atoms with van der Waals surface area (Å²) in [4.78, 5) is 36.1. The first-order valence-corrected chi connectivity index (χ1v) is 9.55. The lowest BCUT2D eigenvalue weighted by Gasteiger charge is -2.14. The van der Waals surface area contributed by atoms with E-state index in [1.807, 2.05) is 0 Å². The third-order valence-corrected chi connectivity index (χ3v) is 6.25. The average molecular weight is 426 g/mol. The second kappa shape index (κ2) is 5.81. The van der Waals surface area contributed by atoms with Gasteiger partial charge in [-0.1, -0.05) is 6.92 Å². The third-order valence-electron chi connectivity index (χ3n) is 3.85. The molecule has 0 atom stereocenters. The molecule has 0 spiro atoms. The van der Waals surface area contributed by atoms with Gasteiger partial charge in [0.15, 0.2) is 9.84 Å². The van der Waals surface area contributed by atoms with Crippen molar-refractivity contribution >= 4 is 43.4 Å². The van der Waals surface area contributed by atoms with Crippen LogP contribution in [-0.4, -0.2) is 30.6 Å². The van der Waals surface area contributed by atoms with Crippen molar-refractivity contribution in [3.8, 4) is 5.69 Å². The summed E-state index contributed by atoms with van der Waals surface area (Å²) in [5.41, 5.74) is 5.25. The summed E-state index contributed by atoms with van der Waals surface area (Å²) in [5.74, 6) is -1.76. The van der Waals surface area contributed by atoms with E-state index in [0.717, 1.165) is 10.6 Å². The van der Waals surface area contributed by atoms with Crippen molar-refractivity contribution in [2.24, 2.45) is 0 Å². The molecule has 2 heterocycles. The molecule has 25 heavy (non-hydrogen) atoms. The van der Waals surface area contributed by atoms with Crippen molar-refractivity contribution in [3.05, 3.63) is 50.2 Å². The Morgan fingerprint density at radius 3 is 2.48 bits per heavy atom. The van der Waals surface area contributed by atoms with Gasteiger partial charge in [-0.25, -0.2) is 8.42 Å². The number of aromatic nitrogens is 1. The van der Waals surface area contributed by atoms with E-state index in [1.54, 1.807) is 0 Å². The Kier molecular flexibility index (Phi) is 4.04. The van der Waals surface area contributed by atoms with Gasteiger partial charge in [-0.15, -0.1) is 0 Å². The molecule has 0 saturated carbocycles. The second-order valence-corrected chi connectivity index (χ2v) is 8.42. The number of amides is 2. The molecule has 0 bridgehead atoms. The number of pyridine rings is 1. The van der Waals surface area contributed by atoms with Crippen molar-refractivity contribution < 1.29 is 18.0 Å². The number of rotatable bonds is 3. The lowest BCUT2D eigenvalue weighted by molar-refractivity contribution is 0.0880. The first kappa shape index (κ1) is 17.4. The maximum Gasteiger partial charge on any atom is 0.262 e. The highest BCUT2D eigenvalue weighted by Crippen LogP contribution is 2.29. The molecule has 3 rings (SSSR count). The minimum atomic E-state index is -3.51. The fourth-order valence-corrected chi connectivity index (χ4v) is 3.88. The molecule has 10 heteroatoms. The number of nitrogens with zero attached hydrogens (tertiary/aromatic N) is 1. The molecule has 0 saturated heterocycles. The number of sulfone groups is 1. The number of fused-ring (bicyclic) bond motifs is 1. The summed E-state index contributed by atoms with van der Waals surface area (Å²) in [6, 6.07) is 5.17. The SMILES string of the molecule is CCS(=O)(=O)c1ccc(Br)c(-n2c(N)c3c(cc2=O)C(=O)NC3=O)c1. The number of benzene rings is 1. The number of hydrogen-bond donors (Lipinski definition) is 2. The van der Waals surface area contributed by atoms with Crippen molar-refractivity contribution in [2.45, 2.75) is 11.8 Å². The quantitative estimate of drug-likeness (QED) is 0.701. The maximum absolute atomic E-state index is 12.5. The Bertz CT molecular complexity index is 1100. The van der Waals surface area contributed by atoms with Crippen molar-refractivity contribution in [3.63, 3.8) is 0 Å². The smallest absolute Gasteiger partial charge is 0.262 e. The summed E-state index contributed by atoms with van der Waals surface area (Å²) in [5, 5.41) is 2.07. The molecule has 8 nitrogen and oxygen atoms in total. The Labute approximate surface area is 150 Å². The van der Waals surface area contributed by atoms with Crippen LogP contribution in [0.1, 0.15) is 27.6 Å². The van der Waals surface area contributed by atoms with Gasteiger partial charge in [0.25, 0.3) is 17.4 Å². The van der Waals surface area contributed by atoms with E-state index in [1.165, 1.54) is 25.1 Å². The van der Waals surface area contributed by atoms with E-state index >= 15 is 0 Å². The van der Waals surface area contributed by atoms with E-state index in [4.69, 9.17) is 5.73 Å². The number of hydrogen-bond acceptors (Lipinski definition) is 6. The predicted molar refractivity (Wildman–Crippen MR) is 93.7 cm³/mol. The molecule has 2 aromatic rings. The summed E-state index contributed by atoms with van der Waals surface area (Å²) in [7, 11) is -3.51. The van der Waals surface area contributed by atoms with Crippen LogP contribution in [0, 0.1) is 0 Å². The van der Waals surface area contributed by atoms with Gasteiger partial charge in [0.05, 0.1) is 27.5 Å². The summed E-state index contributed by atoms with van der Waals surface area (Å²) >= 11 is 3.25. The van der Waals surface area contributed by atoms with Crippen LogP contribution in [0.3, 0.4) is 0 Å². The minimum Gasteiger partial charge on any atom is -0.384 e. The summed E-state index contributed by atoms with van der Waals surface area (Å²) in [6.07, 6.45) is 0. The van der Waals surface area contributed by atoms with Crippen LogP contribution in [0.25, 0.3) is 5.69 Å². The number of nitrogen functional groups attached to an aromatic ring is 1. The number of carbonyl (C=O) groups excluding carboxylic acids is 2. The fourth-order valence-electron chi connectivity index (χ4n) is 2.55.